The molecule has 0 heterocycles. The third kappa shape index (κ3) is 5.55. The number of hydrogen-bond donors (Lipinski definition) is 4. The topological polar surface area (TPSA) is 124 Å². The lowest BCUT2D eigenvalue weighted by Gasteiger charge is -2.27. The van der Waals surface area contributed by atoms with E-state index in [-0.39, 0.29) is 29.8 Å². The van der Waals surface area contributed by atoms with Gasteiger partial charge in [0.05, 0.1) is 15.8 Å². The molecule has 1 unspecified atom stereocenters. The second-order valence-electron chi connectivity index (χ2n) is 5.90. The van der Waals surface area contributed by atoms with Gasteiger partial charge in [0.15, 0.2) is 0 Å². The largest absolute Gasteiger partial charge is 0.478 e. The van der Waals surface area contributed by atoms with Crippen molar-refractivity contribution in [3.05, 3.63) is 65.7 Å². The van der Waals surface area contributed by atoms with Gasteiger partial charge >= 0.3 is 5.97 Å². The number of hydrogen-bond acceptors (Lipinski definition) is 6. The molecular formula is C18H20N2O6S2. The van der Waals surface area contributed by atoms with Crippen molar-refractivity contribution in [2.75, 3.05) is 6.54 Å². The van der Waals surface area contributed by atoms with E-state index in [9.17, 15) is 18.0 Å². The fourth-order valence-corrected chi connectivity index (χ4v) is 4.70. The molecule has 0 aliphatic carbocycles. The van der Waals surface area contributed by atoms with Gasteiger partial charge in [0.2, 0.25) is 15.9 Å². The van der Waals surface area contributed by atoms with Crippen LogP contribution in [0.5, 0.6) is 0 Å². The first-order valence-corrected chi connectivity index (χ1v) is 10.2. The van der Waals surface area contributed by atoms with Crippen molar-refractivity contribution in [1.82, 2.24) is 9.79 Å². The summed E-state index contributed by atoms with van der Waals surface area (Å²) in [5, 5.41) is 16.9. The summed E-state index contributed by atoms with van der Waals surface area (Å²) < 4.78 is 27.2. The molecule has 0 aliphatic heterocycles. The molecule has 2 rings (SSSR count). The summed E-state index contributed by atoms with van der Waals surface area (Å²) in [4.78, 5) is 22.3. The highest BCUT2D eigenvalue weighted by atomic mass is 32.2. The van der Waals surface area contributed by atoms with E-state index >= 15 is 0 Å². The molecule has 0 saturated carbocycles. The summed E-state index contributed by atoms with van der Waals surface area (Å²) in [6.45, 7) is -0.212. The molecule has 1 atom stereocenters. The van der Waals surface area contributed by atoms with Crippen LogP contribution >= 0.6 is 12.6 Å². The van der Waals surface area contributed by atoms with Gasteiger partial charge in [-0.25, -0.2) is 18.7 Å². The van der Waals surface area contributed by atoms with Gasteiger partial charge in [-0.2, -0.15) is 16.9 Å². The quantitative estimate of drug-likeness (QED) is 0.211. The van der Waals surface area contributed by atoms with Crippen LogP contribution in [0.3, 0.4) is 0 Å². The molecule has 0 spiro atoms. The fourth-order valence-electron chi connectivity index (χ4n) is 2.53. The molecule has 0 aliphatic rings. The van der Waals surface area contributed by atoms with E-state index in [0.717, 1.165) is 9.87 Å². The van der Waals surface area contributed by atoms with Gasteiger partial charge in [-0.3, -0.25) is 10.0 Å². The number of hydroxylamine groups is 1. The summed E-state index contributed by atoms with van der Waals surface area (Å²) in [7, 11) is -4.06. The molecule has 150 valence electrons. The second kappa shape index (κ2) is 9.69. The molecular weight excluding hydrogens is 404 g/mol. The Balaban J connectivity index is 2.32. The maximum atomic E-state index is 13.1. The summed E-state index contributed by atoms with van der Waals surface area (Å²) in [5.74, 6) is -1.90. The first-order chi connectivity index (χ1) is 13.3. The maximum absolute atomic E-state index is 13.1. The summed E-state index contributed by atoms with van der Waals surface area (Å²) in [5.41, 5.74) is 2.28. The van der Waals surface area contributed by atoms with E-state index in [1.807, 2.05) is 30.3 Å². The average Bonchev–Trinajstić information content (AvgIpc) is 2.68. The van der Waals surface area contributed by atoms with Crippen molar-refractivity contribution in [2.24, 2.45) is 0 Å². The smallest absolute Gasteiger partial charge is 0.335 e. The Morgan fingerprint density at radius 2 is 1.68 bits per heavy atom. The number of thiol groups is 1. The molecule has 2 aromatic carbocycles. The second-order valence-corrected chi connectivity index (χ2v) is 8.39. The van der Waals surface area contributed by atoms with Crippen molar-refractivity contribution >= 4 is 34.5 Å². The summed E-state index contributed by atoms with van der Waals surface area (Å²) in [6, 6.07) is 13.9. The third-order valence-corrected chi connectivity index (χ3v) is 6.53. The molecule has 10 heteroatoms. The number of amides is 1. The SMILES string of the molecule is O=C(CCN(C(S)Cc1ccccc1)S(=O)(=O)c1ccc(C(=O)O)cc1)NO. The number of nitrogens with one attached hydrogen (secondary N) is 1. The Hall–Kier alpha value is -2.40. The lowest BCUT2D eigenvalue weighted by molar-refractivity contribution is -0.129. The van der Waals surface area contributed by atoms with Gasteiger partial charge in [0.1, 0.15) is 0 Å². The van der Waals surface area contributed by atoms with Crippen LogP contribution in [0.4, 0.5) is 0 Å². The Kier molecular flexibility index (Phi) is 7.58. The molecule has 0 radical (unpaired) electrons. The lowest BCUT2D eigenvalue weighted by atomic mass is 10.1. The van der Waals surface area contributed by atoms with Gasteiger partial charge in [-0.15, -0.1) is 0 Å². The number of benzene rings is 2. The zero-order valence-corrected chi connectivity index (χ0v) is 16.4. The Morgan fingerprint density at radius 1 is 1.07 bits per heavy atom. The highest BCUT2D eigenvalue weighted by molar-refractivity contribution is 7.90. The minimum absolute atomic E-state index is 0.0446. The van der Waals surface area contributed by atoms with Crippen LogP contribution in [-0.4, -0.2) is 46.8 Å². The van der Waals surface area contributed by atoms with E-state index in [0.29, 0.717) is 0 Å². The number of carboxylic acid groups (broad SMARTS) is 1. The predicted molar refractivity (Wildman–Crippen MR) is 105 cm³/mol. The first-order valence-electron chi connectivity index (χ1n) is 8.26. The van der Waals surface area contributed by atoms with Crippen molar-refractivity contribution in [3.8, 4) is 0 Å². The van der Waals surface area contributed by atoms with E-state index in [1.54, 1.807) is 0 Å². The van der Waals surface area contributed by atoms with Gasteiger partial charge in [0.25, 0.3) is 0 Å². The number of carbonyl (C=O) groups excluding carboxylic acids is 1. The molecule has 0 fully saturated rings. The number of aromatic carboxylic acids is 1. The Morgan fingerprint density at radius 3 is 2.21 bits per heavy atom. The van der Waals surface area contributed by atoms with E-state index in [2.05, 4.69) is 12.6 Å². The number of nitrogens with zero attached hydrogens (tertiary/aromatic N) is 1. The van der Waals surface area contributed by atoms with Crippen LogP contribution in [0, 0.1) is 0 Å². The van der Waals surface area contributed by atoms with Crippen LogP contribution in [0.25, 0.3) is 0 Å². The Labute approximate surface area is 168 Å². The van der Waals surface area contributed by atoms with Crippen LogP contribution in [-0.2, 0) is 21.2 Å². The summed E-state index contributed by atoms with van der Waals surface area (Å²) >= 11 is 4.42. The van der Waals surface area contributed by atoms with Crippen molar-refractivity contribution < 1.29 is 28.3 Å². The highest BCUT2D eigenvalue weighted by Gasteiger charge is 2.30. The van der Waals surface area contributed by atoms with Crippen molar-refractivity contribution in [1.29, 1.82) is 0 Å². The third-order valence-electron chi connectivity index (χ3n) is 3.99. The van der Waals surface area contributed by atoms with E-state index in [1.165, 1.54) is 29.7 Å². The van der Waals surface area contributed by atoms with Crippen molar-refractivity contribution in [3.63, 3.8) is 0 Å². The summed E-state index contributed by atoms with van der Waals surface area (Å²) in [6.07, 6.45) is 0.0198. The minimum atomic E-state index is -4.06. The van der Waals surface area contributed by atoms with Crippen LogP contribution in [0.1, 0.15) is 22.3 Å². The van der Waals surface area contributed by atoms with Crippen LogP contribution in [0.15, 0.2) is 59.5 Å². The van der Waals surface area contributed by atoms with Gasteiger partial charge in [-0.05, 0) is 36.2 Å². The van der Waals surface area contributed by atoms with Gasteiger partial charge in [-0.1, -0.05) is 30.3 Å². The maximum Gasteiger partial charge on any atom is 0.335 e. The van der Waals surface area contributed by atoms with E-state index in [4.69, 9.17) is 10.3 Å². The van der Waals surface area contributed by atoms with Gasteiger partial charge in [0, 0.05) is 13.0 Å². The normalized spacial score (nSPS) is 12.5. The molecule has 8 nitrogen and oxygen atoms in total. The monoisotopic (exact) mass is 424 g/mol. The number of carbonyl (C=O) groups is 2. The number of carboxylic acids is 1. The zero-order chi connectivity index (χ0) is 20.7. The van der Waals surface area contributed by atoms with E-state index < -0.39 is 27.3 Å². The number of sulfonamides is 1. The standard InChI is InChI=1S/C18H20N2O6S2/c21-16(19-24)10-11-20(17(27)12-13-4-2-1-3-5-13)28(25,26)15-8-6-14(7-9-15)18(22)23/h1-9,17,24,27H,10-12H2,(H,19,21)(H,22,23). The minimum Gasteiger partial charge on any atom is -0.478 e. The molecule has 0 bridgehead atoms. The highest BCUT2D eigenvalue weighted by Crippen LogP contribution is 2.23. The number of rotatable bonds is 9. The lowest BCUT2D eigenvalue weighted by Crippen LogP contribution is -2.40. The zero-order valence-electron chi connectivity index (χ0n) is 14.7. The van der Waals surface area contributed by atoms with Crippen LogP contribution < -0.4 is 5.48 Å². The predicted octanol–water partition coefficient (Wildman–Crippen LogP) is 1.77. The Bertz CT molecular complexity index is 917. The molecule has 3 N–H and O–H groups in total. The molecule has 1 amide bonds. The fraction of sp³-hybridized carbons (Fsp3) is 0.222. The molecule has 2 aromatic rings. The van der Waals surface area contributed by atoms with Gasteiger partial charge < -0.3 is 5.11 Å². The molecule has 0 saturated heterocycles. The average molecular weight is 425 g/mol. The first kappa shape index (κ1) is 21.9. The molecule has 0 aromatic heterocycles. The molecule has 28 heavy (non-hydrogen) atoms. The van der Waals surface area contributed by atoms with Crippen LogP contribution in [0.2, 0.25) is 0 Å². The van der Waals surface area contributed by atoms with Crippen molar-refractivity contribution in [2.45, 2.75) is 23.1 Å².